The van der Waals surface area contributed by atoms with E-state index in [4.69, 9.17) is 5.73 Å². The third-order valence-electron chi connectivity index (χ3n) is 5.84. The Bertz CT molecular complexity index is 297. The lowest BCUT2D eigenvalue weighted by Crippen LogP contribution is -2.61. The summed E-state index contributed by atoms with van der Waals surface area (Å²) in [6, 6.07) is 0.681. The SMILES string of the molecule is CCCC1CCCC(CN)(N2CCSC(C)C2C)CC1. The molecular formula is C17H34N2S. The lowest BCUT2D eigenvalue weighted by molar-refractivity contribution is 0.0432. The predicted octanol–water partition coefficient (Wildman–Crippen LogP) is 3.89. The summed E-state index contributed by atoms with van der Waals surface area (Å²) >= 11 is 2.13. The Morgan fingerprint density at radius 2 is 2.05 bits per heavy atom. The quantitative estimate of drug-likeness (QED) is 0.798. The molecule has 0 amide bonds. The second kappa shape index (κ2) is 7.51. The van der Waals surface area contributed by atoms with E-state index in [2.05, 4.69) is 37.4 Å². The fourth-order valence-electron chi connectivity index (χ4n) is 4.37. The Morgan fingerprint density at radius 1 is 1.25 bits per heavy atom. The van der Waals surface area contributed by atoms with Gasteiger partial charge in [0.25, 0.3) is 0 Å². The number of hydrogen-bond acceptors (Lipinski definition) is 3. The molecule has 1 saturated carbocycles. The molecule has 2 nitrogen and oxygen atoms in total. The van der Waals surface area contributed by atoms with Crippen LogP contribution >= 0.6 is 11.8 Å². The van der Waals surface area contributed by atoms with Gasteiger partial charge in [-0.2, -0.15) is 11.8 Å². The van der Waals surface area contributed by atoms with E-state index in [1.54, 1.807) is 0 Å². The molecule has 2 rings (SSSR count). The highest BCUT2D eigenvalue weighted by Gasteiger charge is 2.42. The molecular weight excluding hydrogens is 264 g/mol. The van der Waals surface area contributed by atoms with Gasteiger partial charge in [-0.05, 0) is 32.1 Å². The van der Waals surface area contributed by atoms with Crippen LogP contribution in [0.15, 0.2) is 0 Å². The van der Waals surface area contributed by atoms with Gasteiger partial charge < -0.3 is 5.73 Å². The van der Waals surface area contributed by atoms with E-state index in [0.29, 0.717) is 11.6 Å². The van der Waals surface area contributed by atoms with Crippen molar-refractivity contribution < 1.29 is 0 Å². The molecule has 4 atom stereocenters. The van der Waals surface area contributed by atoms with Crippen LogP contribution in [0.5, 0.6) is 0 Å². The van der Waals surface area contributed by atoms with Crippen LogP contribution in [0, 0.1) is 5.92 Å². The fourth-order valence-corrected chi connectivity index (χ4v) is 5.47. The zero-order valence-corrected chi connectivity index (χ0v) is 14.6. The van der Waals surface area contributed by atoms with Gasteiger partial charge in [0.1, 0.15) is 0 Å². The molecule has 2 aliphatic rings. The number of hydrogen-bond donors (Lipinski definition) is 1. The van der Waals surface area contributed by atoms with E-state index in [-0.39, 0.29) is 0 Å². The van der Waals surface area contributed by atoms with Gasteiger partial charge in [0.15, 0.2) is 0 Å². The van der Waals surface area contributed by atoms with Crippen LogP contribution < -0.4 is 5.73 Å². The minimum atomic E-state index is 0.303. The van der Waals surface area contributed by atoms with E-state index in [1.807, 2.05) is 0 Å². The molecule has 0 aromatic heterocycles. The minimum absolute atomic E-state index is 0.303. The van der Waals surface area contributed by atoms with Crippen LogP contribution in [-0.4, -0.2) is 40.6 Å². The van der Waals surface area contributed by atoms with E-state index in [9.17, 15) is 0 Å². The van der Waals surface area contributed by atoms with Crippen molar-refractivity contribution in [2.45, 2.75) is 82.5 Å². The summed E-state index contributed by atoms with van der Waals surface area (Å²) in [7, 11) is 0. The summed E-state index contributed by atoms with van der Waals surface area (Å²) in [5.74, 6) is 2.24. The Labute approximate surface area is 130 Å². The average molecular weight is 299 g/mol. The molecule has 1 heterocycles. The van der Waals surface area contributed by atoms with E-state index >= 15 is 0 Å². The molecule has 3 heteroatoms. The van der Waals surface area contributed by atoms with Crippen LogP contribution in [0.4, 0.5) is 0 Å². The summed E-state index contributed by atoms with van der Waals surface area (Å²) in [5.41, 5.74) is 6.62. The van der Waals surface area contributed by atoms with Gasteiger partial charge in [0.2, 0.25) is 0 Å². The molecule has 1 aliphatic heterocycles. The van der Waals surface area contributed by atoms with Crippen molar-refractivity contribution in [3.05, 3.63) is 0 Å². The normalized spacial score (nSPS) is 40.5. The second-order valence-corrected chi connectivity index (χ2v) is 8.51. The first kappa shape index (κ1) is 16.6. The molecule has 0 radical (unpaired) electrons. The Balaban J connectivity index is 2.08. The summed E-state index contributed by atoms with van der Waals surface area (Å²) < 4.78 is 0. The van der Waals surface area contributed by atoms with Crippen molar-refractivity contribution in [3.63, 3.8) is 0 Å². The lowest BCUT2D eigenvalue weighted by Gasteiger charge is -2.50. The highest BCUT2D eigenvalue weighted by molar-refractivity contribution is 8.00. The van der Waals surface area contributed by atoms with Crippen LogP contribution in [0.3, 0.4) is 0 Å². The third-order valence-corrected chi connectivity index (χ3v) is 7.18. The van der Waals surface area contributed by atoms with Crippen molar-refractivity contribution in [1.29, 1.82) is 0 Å². The van der Waals surface area contributed by atoms with Crippen LogP contribution in [0.1, 0.15) is 65.7 Å². The number of rotatable bonds is 4. The van der Waals surface area contributed by atoms with Gasteiger partial charge in [-0.25, -0.2) is 0 Å². The first-order valence-electron chi connectivity index (χ1n) is 8.71. The molecule has 20 heavy (non-hydrogen) atoms. The van der Waals surface area contributed by atoms with Gasteiger partial charge in [0, 0.05) is 35.7 Å². The standard InChI is InChI=1S/C17H34N2S/c1-4-6-16-7-5-9-17(13-18,10-8-16)19-11-12-20-15(3)14(19)2/h14-16H,4-13,18H2,1-3H3. The van der Waals surface area contributed by atoms with Gasteiger partial charge >= 0.3 is 0 Å². The second-order valence-electron chi connectivity index (χ2n) is 7.02. The summed E-state index contributed by atoms with van der Waals surface area (Å²) in [5, 5.41) is 0.752. The molecule has 0 spiro atoms. The third kappa shape index (κ3) is 3.53. The van der Waals surface area contributed by atoms with Crippen LogP contribution in [-0.2, 0) is 0 Å². The van der Waals surface area contributed by atoms with E-state index in [0.717, 1.165) is 17.7 Å². The van der Waals surface area contributed by atoms with Crippen molar-refractivity contribution in [3.8, 4) is 0 Å². The summed E-state index contributed by atoms with van der Waals surface area (Å²) in [6.45, 7) is 9.23. The Morgan fingerprint density at radius 3 is 2.75 bits per heavy atom. The maximum atomic E-state index is 6.32. The Kier molecular flexibility index (Phi) is 6.25. The number of nitrogens with two attached hydrogens (primary N) is 1. The molecule has 1 aliphatic carbocycles. The highest BCUT2D eigenvalue weighted by Crippen LogP contribution is 2.39. The predicted molar refractivity (Wildman–Crippen MR) is 91.4 cm³/mol. The van der Waals surface area contributed by atoms with E-state index < -0.39 is 0 Å². The van der Waals surface area contributed by atoms with Gasteiger partial charge in [-0.15, -0.1) is 0 Å². The molecule has 0 aromatic carbocycles. The molecule has 2 N–H and O–H groups in total. The monoisotopic (exact) mass is 298 g/mol. The molecule has 118 valence electrons. The fraction of sp³-hybridized carbons (Fsp3) is 1.00. The van der Waals surface area contributed by atoms with Crippen LogP contribution in [0.2, 0.25) is 0 Å². The van der Waals surface area contributed by atoms with E-state index in [1.165, 1.54) is 57.2 Å². The zero-order chi connectivity index (χ0) is 14.6. The van der Waals surface area contributed by atoms with Gasteiger partial charge in [-0.3, -0.25) is 4.90 Å². The first-order valence-corrected chi connectivity index (χ1v) is 9.76. The minimum Gasteiger partial charge on any atom is -0.329 e. The summed E-state index contributed by atoms with van der Waals surface area (Å²) in [4.78, 5) is 2.79. The van der Waals surface area contributed by atoms with Crippen molar-refractivity contribution >= 4 is 11.8 Å². The van der Waals surface area contributed by atoms with Gasteiger partial charge in [0.05, 0.1) is 0 Å². The lowest BCUT2D eigenvalue weighted by atomic mass is 9.85. The largest absolute Gasteiger partial charge is 0.329 e. The molecule has 4 unspecified atom stereocenters. The molecule has 1 saturated heterocycles. The van der Waals surface area contributed by atoms with Crippen molar-refractivity contribution in [2.75, 3.05) is 18.8 Å². The summed E-state index contributed by atoms with van der Waals surface area (Å²) in [6.07, 6.45) is 9.63. The number of thioether (sulfide) groups is 1. The highest BCUT2D eigenvalue weighted by atomic mass is 32.2. The van der Waals surface area contributed by atoms with Gasteiger partial charge in [-0.1, -0.05) is 39.5 Å². The maximum absolute atomic E-state index is 6.32. The molecule has 0 aromatic rings. The molecule has 0 bridgehead atoms. The smallest absolute Gasteiger partial charge is 0.0335 e. The first-order chi connectivity index (χ1) is 9.63. The zero-order valence-electron chi connectivity index (χ0n) is 13.7. The van der Waals surface area contributed by atoms with Crippen molar-refractivity contribution in [1.82, 2.24) is 4.90 Å². The van der Waals surface area contributed by atoms with Crippen molar-refractivity contribution in [2.24, 2.45) is 11.7 Å². The molecule has 2 fully saturated rings. The topological polar surface area (TPSA) is 29.3 Å². The number of nitrogens with zero attached hydrogens (tertiary/aromatic N) is 1. The van der Waals surface area contributed by atoms with Crippen LogP contribution in [0.25, 0.3) is 0 Å². The average Bonchev–Trinajstić information content (AvgIpc) is 2.66. The Hall–Kier alpha value is 0.270. The maximum Gasteiger partial charge on any atom is 0.0335 e.